The average molecular weight is 726 g/mol. The molecule has 0 heterocycles. The number of allylic oxidation sites excluding steroid dienone is 7. The van der Waals surface area contributed by atoms with Gasteiger partial charge in [-0.25, -0.2) is 0 Å². The van der Waals surface area contributed by atoms with Crippen molar-refractivity contribution in [1.82, 2.24) is 0 Å². The lowest BCUT2D eigenvalue weighted by molar-refractivity contribution is 0.768. The molecule has 1 nitrogen and oxygen atoms in total. The van der Waals surface area contributed by atoms with E-state index in [-0.39, 0.29) is 0 Å². The first-order chi connectivity index (χ1) is 28.3. The maximum atomic E-state index is 2.44. The summed E-state index contributed by atoms with van der Waals surface area (Å²) in [5.74, 6) is 0.425. The number of anilines is 2. The van der Waals surface area contributed by atoms with Gasteiger partial charge in [-0.05, 0) is 125 Å². The molecule has 268 valence electrons. The molecule has 9 aromatic rings. The Balaban J connectivity index is 1.18. The minimum atomic E-state index is 0.425. The van der Waals surface area contributed by atoms with Crippen LogP contribution in [-0.2, 0) is 0 Å². The fraction of sp³-hybridized carbons (Fsp3) is 0.0357. The van der Waals surface area contributed by atoms with Crippen LogP contribution in [0.2, 0.25) is 0 Å². The van der Waals surface area contributed by atoms with E-state index in [1.54, 1.807) is 0 Å². The summed E-state index contributed by atoms with van der Waals surface area (Å²) in [5, 5.41) is 10.1. The van der Waals surface area contributed by atoms with E-state index in [0.717, 1.165) is 17.8 Å². The van der Waals surface area contributed by atoms with Crippen LogP contribution in [0.5, 0.6) is 0 Å². The number of nitrogens with zero attached hydrogens (tertiary/aromatic N) is 1. The first-order valence-electron chi connectivity index (χ1n) is 20.0. The smallest absolute Gasteiger partial charge is 0.0467 e. The van der Waals surface area contributed by atoms with Crippen molar-refractivity contribution in [3.63, 3.8) is 0 Å². The molecule has 1 heteroatoms. The van der Waals surface area contributed by atoms with E-state index >= 15 is 0 Å². The van der Waals surface area contributed by atoms with Crippen LogP contribution in [-0.4, -0.2) is 0 Å². The van der Waals surface area contributed by atoms with E-state index in [0.29, 0.717) is 5.92 Å². The molecule has 0 N–H and O–H groups in total. The molecule has 57 heavy (non-hydrogen) atoms. The first kappa shape index (κ1) is 33.1. The normalized spacial score (nSPS) is 14.8. The minimum absolute atomic E-state index is 0.425. The summed E-state index contributed by atoms with van der Waals surface area (Å²) in [7, 11) is 0. The van der Waals surface area contributed by atoms with Crippen molar-refractivity contribution >= 4 is 54.5 Å². The Labute approximate surface area is 333 Å². The van der Waals surface area contributed by atoms with Crippen LogP contribution in [0.4, 0.5) is 11.4 Å². The number of rotatable bonds is 6. The third-order valence-corrected chi connectivity index (χ3v) is 11.9. The third-order valence-electron chi connectivity index (χ3n) is 11.9. The molecule has 0 bridgehead atoms. The van der Waals surface area contributed by atoms with Gasteiger partial charge in [0.05, 0.1) is 0 Å². The predicted molar refractivity (Wildman–Crippen MR) is 244 cm³/mol. The molecule has 9 aromatic carbocycles. The van der Waals surface area contributed by atoms with Crippen molar-refractivity contribution in [2.45, 2.75) is 6.42 Å². The maximum Gasteiger partial charge on any atom is 0.0467 e. The molecule has 0 saturated heterocycles. The van der Waals surface area contributed by atoms with Gasteiger partial charge in [0.15, 0.2) is 0 Å². The van der Waals surface area contributed by atoms with Gasteiger partial charge in [0.1, 0.15) is 0 Å². The largest absolute Gasteiger partial charge is 0.311 e. The topological polar surface area (TPSA) is 3.24 Å². The van der Waals surface area contributed by atoms with Crippen LogP contribution < -0.4 is 4.90 Å². The minimum Gasteiger partial charge on any atom is -0.311 e. The van der Waals surface area contributed by atoms with Crippen molar-refractivity contribution in [2.24, 2.45) is 5.92 Å². The molecule has 0 amide bonds. The van der Waals surface area contributed by atoms with Gasteiger partial charge in [-0.1, -0.05) is 182 Å². The van der Waals surface area contributed by atoms with Crippen molar-refractivity contribution in [2.75, 3.05) is 4.90 Å². The highest BCUT2D eigenvalue weighted by Gasteiger charge is 2.24. The molecule has 0 aromatic heterocycles. The van der Waals surface area contributed by atoms with Crippen LogP contribution in [0.15, 0.2) is 230 Å². The van der Waals surface area contributed by atoms with Crippen LogP contribution in [0.3, 0.4) is 0 Å². The van der Waals surface area contributed by atoms with Gasteiger partial charge in [-0.15, -0.1) is 0 Å². The van der Waals surface area contributed by atoms with Crippen LogP contribution in [0, 0.1) is 5.92 Å². The second-order valence-corrected chi connectivity index (χ2v) is 15.2. The number of benzene rings is 9. The molecular formula is C56H39N. The highest BCUT2D eigenvalue weighted by atomic mass is 15.1. The SMILES string of the molecule is C1=CC2=CC(N(c3ccc(-c4c(-c5ccccc5)cc(-c5ccccc5)c5c6ccccc6c6ccccc6c45)cc3)c3ccc4ccccc4c3)=CCC2C=C1. The Morgan fingerprint density at radius 3 is 1.75 bits per heavy atom. The molecule has 0 spiro atoms. The third kappa shape index (κ3) is 5.71. The lowest BCUT2D eigenvalue weighted by Crippen LogP contribution is -2.19. The second kappa shape index (κ2) is 13.8. The predicted octanol–water partition coefficient (Wildman–Crippen LogP) is 15.4. The first-order valence-corrected chi connectivity index (χ1v) is 20.0. The summed E-state index contributed by atoms with van der Waals surface area (Å²) in [6.07, 6.45) is 14.7. The summed E-state index contributed by atoms with van der Waals surface area (Å²) in [6.45, 7) is 0. The molecular weight excluding hydrogens is 687 g/mol. The summed E-state index contributed by atoms with van der Waals surface area (Å²) < 4.78 is 0. The Bertz CT molecular complexity index is 3130. The summed E-state index contributed by atoms with van der Waals surface area (Å²) in [6, 6.07) is 67.0. The van der Waals surface area contributed by atoms with E-state index < -0.39 is 0 Å². The highest BCUT2D eigenvalue weighted by Crippen LogP contribution is 2.49. The molecule has 0 fully saturated rings. The van der Waals surface area contributed by atoms with Gasteiger partial charge in [0, 0.05) is 23.0 Å². The molecule has 0 aliphatic heterocycles. The van der Waals surface area contributed by atoms with Crippen molar-refractivity contribution in [3.05, 3.63) is 230 Å². The van der Waals surface area contributed by atoms with E-state index in [2.05, 4.69) is 223 Å². The summed E-state index contributed by atoms with van der Waals surface area (Å²) in [5.41, 5.74) is 12.2. The monoisotopic (exact) mass is 725 g/mol. The lowest BCUT2D eigenvalue weighted by Gasteiger charge is -2.31. The zero-order valence-electron chi connectivity index (χ0n) is 31.5. The number of hydrogen-bond donors (Lipinski definition) is 0. The number of fused-ring (bicyclic) bond motifs is 8. The zero-order valence-corrected chi connectivity index (χ0v) is 31.5. The maximum absolute atomic E-state index is 2.44. The lowest BCUT2D eigenvalue weighted by atomic mass is 9.81. The molecule has 11 rings (SSSR count). The van der Waals surface area contributed by atoms with E-state index in [1.165, 1.54) is 87.7 Å². The fourth-order valence-corrected chi connectivity index (χ4v) is 9.24. The Morgan fingerprint density at radius 2 is 1.04 bits per heavy atom. The molecule has 0 saturated carbocycles. The van der Waals surface area contributed by atoms with Crippen LogP contribution in [0.1, 0.15) is 6.42 Å². The highest BCUT2D eigenvalue weighted by molar-refractivity contribution is 6.33. The summed E-state index contributed by atoms with van der Waals surface area (Å²) in [4.78, 5) is 2.43. The molecule has 2 aliphatic carbocycles. The van der Waals surface area contributed by atoms with Crippen LogP contribution >= 0.6 is 0 Å². The van der Waals surface area contributed by atoms with E-state index in [4.69, 9.17) is 0 Å². The second-order valence-electron chi connectivity index (χ2n) is 15.2. The Morgan fingerprint density at radius 1 is 0.439 bits per heavy atom. The van der Waals surface area contributed by atoms with Gasteiger partial charge in [0.2, 0.25) is 0 Å². The molecule has 1 atom stereocenters. The molecule has 2 aliphatic rings. The Kier molecular flexibility index (Phi) is 8.03. The fourth-order valence-electron chi connectivity index (χ4n) is 9.24. The van der Waals surface area contributed by atoms with E-state index in [1.807, 2.05) is 0 Å². The molecule has 1 unspecified atom stereocenters. The Hall–Kier alpha value is -7.22. The van der Waals surface area contributed by atoms with Gasteiger partial charge >= 0.3 is 0 Å². The van der Waals surface area contributed by atoms with E-state index in [9.17, 15) is 0 Å². The quantitative estimate of drug-likeness (QED) is 0.154. The average Bonchev–Trinajstić information content (AvgIpc) is 3.29. The summed E-state index contributed by atoms with van der Waals surface area (Å²) >= 11 is 0. The van der Waals surface area contributed by atoms with Crippen molar-refractivity contribution < 1.29 is 0 Å². The van der Waals surface area contributed by atoms with Crippen molar-refractivity contribution in [1.29, 1.82) is 0 Å². The van der Waals surface area contributed by atoms with Crippen LogP contribution in [0.25, 0.3) is 76.5 Å². The van der Waals surface area contributed by atoms with Gasteiger partial charge in [-0.3, -0.25) is 0 Å². The van der Waals surface area contributed by atoms with Gasteiger partial charge in [-0.2, -0.15) is 0 Å². The van der Waals surface area contributed by atoms with Crippen molar-refractivity contribution in [3.8, 4) is 33.4 Å². The zero-order chi connectivity index (χ0) is 37.7. The van der Waals surface area contributed by atoms with Gasteiger partial charge < -0.3 is 4.90 Å². The van der Waals surface area contributed by atoms with Gasteiger partial charge in [0.25, 0.3) is 0 Å². The standard InChI is InChI=1S/C56H39N/c1-3-17-40(18-4-1)52-37-53(41-19-5-2-6-20-41)55-50-25-13-11-23-48(50)49-24-12-14-26-51(49)56(55)54(52)42-29-31-45(32-30-42)57(46-33-27-38-15-7-9-21-43(38)35-46)47-34-28-39-16-8-10-22-44(39)36-47/h1-27,29-37,39H,28H2. The number of hydrogen-bond acceptors (Lipinski definition) is 1. The molecule has 0 radical (unpaired) electrons.